The first-order chi connectivity index (χ1) is 9.08. The Morgan fingerprint density at radius 2 is 2.00 bits per heavy atom. The fourth-order valence-corrected chi connectivity index (χ4v) is 2.15. The average Bonchev–Trinajstić information content (AvgIpc) is 3.15. The Hall–Kier alpha value is -1.91. The Morgan fingerprint density at radius 1 is 1.32 bits per heavy atom. The lowest BCUT2D eigenvalue weighted by atomic mass is 10.1. The second-order valence-electron chi connectivity index (χ2n) is 4.79. The van der Waals surface area contributed by atoms with Gasteiger partial charge in [0.15, 0.2) is 0 Å². The van der Waals surface area contributed by atoms with E-state index in [4.69, 9.17) is 5.11 Å². The molecule has 0 saturated heterocycles. The third-order valence-electron chi connectivity index (χ3n) is 3.29. The van der Waals surface area contributed by atoms with Gasteiger partial charge < -0.3 is 10.4 Å². The fourth-order valence-electron chi connectivity index (χ4n) is 2.15. The summed E-state index contributed by atoms with van der Waals surface area (Å²) >= 11 is 0. The fraction of sp³-hybridized carbons (Fsp3) is 0.429. The van der Waals surface area contributed by atoms with Crippen molar-refractivity contribution < 1.29 is 19.1 Å². The molecule has 5 heteroatoms. The number of aliphatic carboxylic acids is 1. The van der Waals surface area contributed by atoms with Gasteiger partial charge in [-0.1, -0.05) is 12.1 Å². The van der Waals surface area contributed by atoms with Crippen molar-refractivity contribution in [2.45, 2.75) is 25.2 Å². The highest BCUT2D eigenvalue weighted by Crippen LogP contribution is 2.47. The monoisotopic (exact) mass is 265 g/mol. The Morgan fingerprint density at radius 3 is 2.63 bits per heavy atom. The van der Waals surface area contributed by atoms with Crippen molar-refractivity contribution in [1.82, 2.24) is 5.32 Å². The van der Waals surface area contributed by atoms with Crippen LogP contribution in [0.2, 0.25) is 0 Å². The smallest absolute Gasteiger partial charge is 0.303 e. The first kappa shape index (κ1) is 13.5. The van der Waals surface area contributed by atoms with Crippen molar-refractivity contribution in [2.75, 3.05) is 6.54 Å². The van der Waals surface area contributed by atoms with Gasteiger partial charge in [-0.25, -0.2) is 4.39 Å². The molecule has 0 spiro atoms. The molecule has 1 amide bonds. The molecule has 0 aromatic heterocycles. The van der Waals surface area contributed by atoms with Gasteiger partial charge >= 0.3 is 5.97 Å². The number of carbonyl (C=O) groups excluding carboxylic acids is 1. The molecule has 0 aliphatic heterocycles. The number of benzene rings is 1. The summed E-state index contributed by atoms with van der Waals surface area (Å²) in [6.07, 6.45) is 1.28. The summed E-state index contributed by atoms with van der Waals surface area (Å²) in [5.74, 6) is -1.07. The van der Waals surface area contributed by atoms with Gasteiger partial charge in [0.2, 0.25) is 5.91 Å². The van der Waals surface area contributed by atoms with Gasteiger partial charge in [-0.15, -0.1) is 0 Å². The number of amides is 1. The Bertz CT molecular complexity index is 472. The number of carbonyl (C=O) groups is 2. The number of halogens is 1. The summed E-state index contributed by atoms with van der Waals surface area (Å²) in [4.78, 5) is 22.1. The normalized spacial score (nSPS) is 20.9. The SMILES string of the molecule is O=C(O)CCCNC(=O)C1CC1c1ccc(F)cc1. The van der Waals surface area contributed by atoms with E-state index in [1.807, 2.05) is 0 Å². The predicted octanol–water partition coefficient (Wildman–Crippen LogP) is 1.91. The van der Waals surface area contributed by atoms with Gasteiger partial charge in [0, 0.05) is 18.9 Å². The van der Waals surface area contributed by atoms with E-state index in [0.717, 1.165) is 12.0 Å². The molecule has 2 unspecified atom stereocenters. The maximum Gasteiger partial charge on any atom is 0.303 e. The summed E-state index contributed by atoms with van der Waals surface area (Å²) in [5.41, 5.74) is 0.979. The molecule has 4 nitrogen and oxygen atoms in total. The topological polar surface area (TPSA) is 66.4 Å². The molecule has 1 fully saturated rings. The lowest BCUT2D eigenvalue weighted by molar-refractivity contribution is -0.137. The highest BCUT2D eigenvalue weighted by atomic mass is 19.1. The van der Waals surface area contributed by atoms with Gasteiger partial charge in [-0.05, 0) is 36.5 Å². The largest absolute Gasteiger partial charge is 0.481 e. The molecule has 0 radical (unpaired) electrons. The minimum Gasteiger partial charge on any atom is -0.481 e. The van der Waals surface area contributed by atoms with Crippen molar-refractivity contribution >= 4 is 11.9 Å². The third-order valence-corrected chi connectivity index (χ3v) is 3.29. The van der Waals surface area contributed by atoms with E-state index >= 15 is 0 Å². The van der Waals surface area contributed by atoms with Gasteiger partial charge in [0.25, 0.3) is 0 Å². The summed E-state index contributed by atoms with van der Waals surface area (Å²) in [6, 6.07) is 6.21. The van der Waals surface area contributed by atoms with Crippen molar-refractivity contribution in [3.05, 3.63) is 35.6 Å². The molecule has 2 N–H and O–H groups in total. The molecule has 0 heterocycles. The van der Waals surface area contributed by atoms with Crippen LogP contribution in [0, 0.1) is 11.7 Å². The second kappa shape index (κ2) is 5.82. The van der Waals surface area contributed by atoms with Crippen LogP contribution in [-0.4, -0.2) is 23.5 Å². The lowest BCUT2D eigenvalue weighted by Gasteiger charge is -2.04. The van der Waals surface area contributed by atoms with Crippen molar-refractivity contribution in [1.29, 1.82) is 0 Å². The van der Waals surface area contributed by atoms with E-state index in [9.17, 15) is 14.0 Å². The van der Waals surface area contributed by atoms with Gasteiger partial charge in [0.1, 0.15) is 5.82 Å². The van der Waals surface area contributed by atoms with Crippen LogP contribution in [-0.2, 0) is 9.59 Å². The van der Waals surface area contributed by atoms with Gasteiger partial charge in [0.05, 0.1) is 0 Å². The molecule has 2 rings (SSSR count). The van der Waals surface area contributed by atoms with Gasteiger partial charge in [-0.3, -0.25) is 9.59 Å². The molecule has 1 aromatic carbocycles. The maximum absolute atomic E-state index is 12.8. The number of hydrogen-bond acceptors (Lipinski definition) is 2. The van der Waals surface area contributed by atoms with E-state index in [0.29, 0.717) is 13.0 Å². The second-order valence-corrected chi connectivity index (χ2v) is 4.79. The Balaban J connectivity index is 1.74. The van der Waals surface area contributed by atoms with Crippen LogP contribution in [0.3, 0.4) is 0 Å². The molecular formula is C14H16FNO3. The molecule has 102 valence electrons. The number of carboxylic acid groups (broad SMARTS) is 1. The first-order valence-corrected chi connectivity index (χ1v) is 6.33. The maximum atomic E-state index is 12.8. The van der Waals surface area contributed by atoms with Crippen LogP contribution in [0.1, 0.15) is 30.7 Å². The van der Waals surface area contributed by atoms with E-state index < -0.39 is 5.97 Å². The highest BCUT2D eigenvalue weighted by molar-refractivity contribution is 5.82. The minimum absolute atomic E-state index is 0.0419. The molecule has 0 bridgehead atoms. The molecule has 1 saturated carbocycles. The predicted molar refractivity (Wildman–Crippen MR) is 67.1 cm³/mol. The summed E-state index contributed by atoms with van der Waals surface area (Å²) in [6.45, 7) is 0.387. The minimum atomic E-state index is -0.857. The van der Waals surface area contributed by atoms with Gasteiger partial charge in [-0.2, -0.15) is 0 Å². The summed E-state index contributed by atoms with van der Waals surface area (Å²) in [5, 5.41) is 11.2. The molecule has 1 aliphatic carbocycles. The Kier molecular flexibility index (Phi) is 4.14. The highest BCUT2D eigenvalue weighted by Gasteiger charge is 2.43. The van der Waals surface area contributed by atoms with Crippen LogP contribution in [0.4, 0.5) is 4.39 Å². The van der Waals surface area contributed by atoms with Crippen LogP contribution in [0.25, 0.3) is 0 Å². The molecule has 19 heavy (non-hydrogen) atoms. The van der Waals surface area contributed by atoms with E-state index in [1.54, 1.807) is 12.1 Å². The van der Waals surface area contributed by atoms with Crippen molar-refractivity contribution in [2.24, 2.45) is 5.92 Å². The number of hydrogen-bond donors (Lipinski definition) is 2. The quantitative estimate of drug-likeness (QED) is 0.772. The lowest BCUT2D eigenvalue weighted by Crippen LogP contribution is -2.26. The van der Waals surface area contributed by atoms with Crippen LogP contribution >= 0.6 is 0 Å². The zero-order valence-electron chi connectivity index (χ0n) is 10.4. The summed E-state index contributed by atoms with van der Waals surface area (Å²) in [7, 11) is 0. The zero-order chi connectivity index (χ0) is 13.8. The van der Waals surface area contributed by atoms with E-state index in [1.165, 1.54) is 12.1 Å². The number of carboxylic acids is 1. The molecule has 1 aliphatic rings. The third kappa shape index (κ3) is 3.77. The van der Waals surface area contributed by atoms with E-state index in [2.05, 4.69) is 5.32 Å². The first-order valence-electron chi connectivity index (χ1n) is 6.33. The molecule has 1 aromatic rings. The van der Waals surface area contributed by atoms with Crippen LogP contribution in [0.5, 0.6) is 0 Å². The zero-order valence-corrected chi connectivity index (χ0v) is 10.4. The van der Waals surface area contributed by atoms with Crippen LogP contribution in [0.15, 0.2) is 24.3 Å². The number of rotatable bonds is 6. The van der Waals surface area contributed by atoms with Crippen molar-refractivity contribution in [3.63, 3.8) is 0 Å². The summed E-state index contributed by atoms with van der Waals surface area (Å²) < 4.78 is 12.8. The standard InChI is InChI=1S/C14H16FNO3/c15-10-5-3-9(4-6-10)11-8-12(11)14(19)16-7-1-2-13(17)18/h3-6,11-12H,1-2,7-8H2,(H,16,19)(H,17,18). The average molecular weight is 265 g/mol. The number of nitrogens with one attached hydrogen (secondary N) is 1. The van der Waals surface area contributed by atoms with Crippen LogP contribution < -0.4 is 5.32 Å². The molecule has 2 atom stereocenters. The Labute approximate surface area is 110 Å². The van der Waals surface area contributed by atoms with E-state index in [-0.39, 0.29) is 30.0 Å². The molecular weight excluding hydrogens is 249 g/mol. The van der Waals surface area contributed by atoms with Crippen molar-refractivity contribution in [3.8, 4) is 0 Å².